The van der Waals surface area contributed by atoms with Crippen molar-refractivity contribution in [2.45, 2.75) is 6.92 Å². The number of hydrogen-bond donors (Lipinski definition) is 2. The molecule has 1 aromatic heterocycles. The molecule has 0 aliphatic rings. The summed E-state index contributed by atoms with van der Waals surface area (Å²) in [7, 11) is 4.41. The number of esters is 1. The molecule has 0 unspecified atom stereocenters. The smallest absolute Gasteiger partial charge is 0.343 e. The maximum atomic E-state index is 13.2. The SMILES string of the molecule is CCOc1cc(C=NNC(=O)c2[nH]c3ccccc3c2-c2ccccc2)ccc1OC(=O)c1cc(OC)c(OC)c(OC)c1. The van der Waals surface area contributed by atoms with E-state index >= 15 is 0 Å². The Morgan fingerprint density at radius 2 is 1.52 bits per heavy atom. The first-order valence-electron chi connectivity index (χ1n) is 13.8. The molecule has 0 saturated heterocycles. The molecule has 0 saturated carbocycles. The van der Waals surface area contributed by atoms with Crippen molar-refractivity contribution >= 4 is 29.0 Å². The van der Waals surface area contributed by atoms with Crippen LogP contribution in [-0.2, 0) is 0 Å². The highest BCUT2D eigenvalue weighted by atomic mass is 16.6. The number of methoxy groups -OCH3 is 3. The van der Waals surface area contributed by atoms with Crippen LogP contribution in [0.3, 0.4) is 0 Å². The molecule has 0 aliphatic carbocycles. The van der Waals surface area contributed by atoms with Crippen molar-refractivity contribution in [3.8, 4) is 39.9 Å². The van der Waals surface area contributed by atoms with Crippen molar-refractivity contribution < 1.29 is 33.3 Å². The highest BCUT2D eigenvalue weighted by molar-refractivity contribution is 6.09. The molecule has 5 rings (SSSR count). The van der Waals surface area contributed by atoms with E-state index in [4.69, 9.17) is 23.7 Å². The van der Waals surface area contributed by atoms with E-state index in [0.29, 0.717) is 40.9 Å². The summed E-state index contributed by atoms with van der Waals surface area (Å²) in [4.78, 5) is 29.5. The number of aromatic nitrogens is 1. The number of hydrogen-bond acceptors (Lipinski definition) is 8. The third-order valence-electron chi connectivity index (χ3n) is 6.75. The number of aromatic amines is 1. The summed E-state index contributed by atoms with van der Waals surface area (Å²) in [6.45, 7) is 2.14. The minimum absolute atomic E-state index is 0.196. The number of rotatable bonds is 11. The lowest BCUT2D eigenvalue weighted by atomic mass is 10.0. The van der Waals surface area contributed by atoms with Crippen molar-refractivity contribution in [3.05, 3.63) is 102 Å². The van der Waals surface area contributed by atoms with Crippen LogP contribution < -0.4 is 29.1 Å². The fourth-order valence-corrected chi connectivity index (χ4v) is 4.75. The largest absolute Gasteiger partial charge is 0.493 e. The zero-order chi connectivity index (χ0) is 31.1. The molecule has 1 heterocycles. The van der Waals surface area contributed by atoms with E-state index in [0.717, 1.165) is 22.0 Å². The van der Waals surface area contributed by atoms with E-state index in [9.17, 15) is 9.59 Å². The Morgan fingerprint density at radius 1 is 0.818 bits per heavy atom. The minimum atomic E-state index is -0.647. The second-order valence-electron chi connectivity index (χ2n) is 9.43. The van der Waals surface area contributed by atoms with Crippen LogP contribution in [0, 0.1) is 0 Å². The monoisotopic (exact) mass is 593 g/mol. The van der Waals surface area contributed by atoms with Gasteiger partial charge in [-0.3, -0.25) is 4.79 Å². The fourth-order valence-electron chi connectivity index (χ4n) is 4.75. The molecule has 2 N–H and O–H groups in total. The van der Waals surface area contributed by atoms with Gasteiger partial charge in [0, 0.05) is 16.5 Å². The average molecular weight is 594 g/mol. The van der Waals surface area contributed by atoms with Crippen LogP contribution in [-0.4, -0.2) is 51.0 Å². The summed E-state index contributed by atoms with van der Waals surface area (Å²) in [5, 5.41) is 5.11. The van der Waals surface area contributed by atoms with Crippen LogP contribution in [0.15, 0.2) is 90.0 Å². The Bertz CT molecular complexity index is 1810. The first kappa shape index (κ1) is 29.7. The average Bonchev–Trinajstić information content (AvgIpc) is 3.45. The number of H-pyrrole nitrogens is 1. The Morgan fingerprint density at radius 3 is 2.20 bits per heavy atom. The number of nitrogens with zero attached hydrogens (tertiary/aromatic N) is 1. The molecule has 0 atom stereocenters. The number of hydrazone groups is 1. The Kier molecular flexibility index (Phi) is 9.10. The molecule has 0 radical (unpaired) electrons. The quantitative estimate of drug-likeness (QED) is 0.0805. The number of carbonyl (C=O) groups excluding carboxylic acids is 2. The van der Waals surface area contributed by atoms with Gasteiger partial charge in [0.1, 0.15) is 5.69 Å². The lowest BCUT2D eigenvalue weighted by Crippen LogP contribution is -2.18. The number of amides is 1. The Hall–Kier alpha value is -5.77. The molecule has 0 bridgehead atoms. The standard InChI is InChI=1S/C34H31N3O7/c1-5-43-27-17-21(15-16-26(27)44-34(39)23-18-28(40-2)32(42-4)29(19-23)41-3)20-35-37-33(38)31-30(22-11-7-6-8-12-22)24-13-9-10-14-25(24)36-31/h6-20,36H,5H2,1-4H3,(H,37,38). The molecule has 5 aromatic rings. The summed E-state index contributed by atoms with van der Waals surface area (Å²) in [5.41, 5.74) is 6.38. The number of carbonyl (C=O) groups is 2. The second kappa shape index (κ2) is 13.5. The summed E-state index contributed by atoms with van der Waals surface area (Å²) >= 11 is 0. The number of fused-ring (bicyclic) bond motifs is 1. The molecule has 4 aromatic carbocycles. The van der Waals surface area contributed by atoms with Crippen LogP contribution >= 0.6 is 0 Å². The van der Waals surface area contributed by atoms with E-state index in [-0.39, 0.29) is 11.3 Å². The molecular weight excluding hydrogens is 562 g/mol. The van der Waals surface area contributed by atoms with Crippen LogP contribution in [0.4, 0.5) is 0 Å². The van der Waals surface area contributed by atoms with E-state index in [1.54, 1.807) is 18.2 Å². The third kappa shape index (κ3) is 6.19. The van der Waals surface area contributed by atoms with Gasteiger partial charge >= 0.3 is 5.97 Å². The van der Waals surface area contributed by atoms with Gasteiger partial charge in [0.2, 0.25) is 5.75 Å². The van der Waals surface area contributed by atoms with Crippen molar-refractivity contribution in [2.24, 2.45) is 5.10 Å². The van der Waals surface area contributed by atoms with E-state index < -0.39 is 11.9 Å². The van der Waals surface area contributed by atoms with Crippen molar-refractivity contribution in [1.82, 2.24) is 10.4 Å². The zero-order valence-electron chi connectivity index (χ0n) is 24.7. The van der Waals surface area contributed by atoms with Crippen LogP contribution in [0.2, 0.25) is 0 Å². The van der Waals surface area contributed by atoms with Crippen molar-refractivity contribution in [3.63, 3.8) is 0 Å². The van der Waals surface area contributed by atoms with Gasteiger partial charge < -0.3 is 28.7 Å². The normalized spacial score (nSPS) is 10.9. The molecular formula is C34H31N3O7. The Balaban J connectivity index is 1.35. The molecule has 0 fully saturated rings. The second-order valence-corrected chi connectivity index (χ2v) is 9.43. The van der Waals surface area contributed by atoms with E-state index in [2.05, 4.69) is 15.5 Å². The fraction of sp³-hybridized carbons (Fsp3) is 0.147. The number of nitrogens with one attached hydrogen (secondary N) is 2. The first-order valence-corrected chi connectivity index (χ1v) is 13.8. The molecule has 10 heteroatoms. The summed E-state index contributed by atoms with van der Waals surface area (Å²) < 4.78 is 27.4. The molecule has 0 aliphatic heterocycles. The van der Waals surface area contributed by atoms with Gasteiger partial charge in [0.05, 0.1) is 39.7 Å². The van der Waals surface area contributed by atoms with E-state index in [1.807, 2.05) is 61.5 Å². The van der Waals surface area contributed by atoms with Gasteiger partial charge in [-0.15, -0.1) is 0 Å². The highest BCUT2D eigenvalue weighted by Crippen LogP contribution is 2.39. The molecule has 10 nitrogen and oxygen atoms in total. The molecule has 224 valence electrons. The molecule has 1 amide bonds. The maximum absolute atomic E-state index is 13.2. The lowest BCUT2D eigenvalue weighted by Gasteiger charge is -2.15. The summed E-state index contributed by atoms with van der Waals surface area (Å²) in [6.07, 6.45) is 1.48. The van der Waals surface area contributed by atoms with Crippen molar-refractivity contribution in [2.75, 3.05) is 27.9 Å². The van der Waals surface area contributed by atoms with Gasteiger partial charge in [0.15, 0.2) is 23.0 Å². The summed E-state index contributed by atoms with van der Waals surface area (Å²) in [6, 6.07) is 25.4. The highest BCUT2D eigenvalue weighted by Gasteiger charge is 2.21. The number of benzene rings is 4. The van der Waals surface area contributed by atoms with Crippen LogP contribution in [0.25, 0.3) is 22.0 Å². The topological polar surface area (TPSA) is 120 Å². The van der Waals surface area contributed by atoms with Crippen LogP contribution in [0.5, 0.6) is 28.7 Å². The third-order valence-corrected chi connectivity index (χ3v) is 6.75. The zero-order valence-corrected chi connectivity index (χ0v) is 24.7. The number of para-hydroxylation sites is 1. The summed E-state index contributed by atoms with van der Waals surface area (Å²) in [5.74, 6) is 0.492. The molecule has 44 heavy (non-hydrogen) atoms. The Labute approximate surface area is 254 Å². The van der Waals surface area contributed by atoms with E-state index in [1.165, 1.54) is 39.7 Å². The predicted octanol–water partition coefficient (Wildman–Crippen LogP) is 6.24. The molecule has 0 spiro atoms. The first-order chi connectivity index (χ1) is 21.5. The van der Waals surface area contributed by atoms with Gasteiger partial charge in [-0.1, -0.05) is 48.5 Å². The van der Waals surface area contributed by atoms with Crippen molar-refractivity contribution in [1.29, 1.82) is 0 Å². The number of ether oxygens (including phenoxy) is 5. The lowest BCUT2D eigenvalue weighted by molar-refractivity contribution is 0.0727. The van der Waals surface area contributed by atoms with Gasteiger partial charge in [0.25, 0.3) is 5.91 Å². The van der Waals surface area contributed by atoms with Gasteiger partial charge in [-0.2, -0.15) is 5.10 Å². The minimum Gasteiger partial charge on any atom is -0.493 e. The van der Waals surface area contributed by atoms with Crippen LogP contribution in [0.1, 0.15) is 33.3 Å². The van der Waals surface area contributed by atoms with Gasteiger partial charge in [-0.25, -0.2) is 10.2 Å². The maximum Gasteiger partial charge on any atom is 0.343 e. The van der Waals surface area contributed by atoms with Gasteiger partial charge in [-0.05, 0) is 54.4 Å². The predicted molar refractivity (Wildman–Crippen MR) is 167 cm³/mol.